The van der Waals surface area contributed by atoms with E-state index >= 15 is 0 Å². The molecule has 5 heteroatoms. The third-order valence-electron chi connectivity index (χ3n) is 2.31. The molecule has 2 rings (SSSR count). The van der Waals surface area contributed by atoms with Crippen LogP contribution in [0.25, 0.3) is 0 Å². The average Bonchev–Trinajstić information content (AvgIpc) is 2.46. The molecule has 0 heterocycles. The lowest BCUT2D eigenvalue weighted by Crippen LogP contribution is -2.08. The number of hydrogen-bond acceptors (Lipinski definition) is 5. The first kappa shape index (κ1) is 12.5. The van der Waals surface area contributed by atoms with Crippen LogP contribution in [0.1, 0.15) is 15.9 Å². The van der Waals surface area contributed by atoms with Gasteiger partial charge in [-0.05, 0) is 24.3 Å². The standard InChI is InChI=1S/C14H9NO4/c15-9-11-6-7-12(8-13(11)16)18-19-14(17)10-4-2-1-3-5-10/h1-8,16H. The molecule has 0 fully saturated rings. The number of rotatable bonds is 3. The van der Waals surface area contributed by atoms with Crippen molar-refractivity contribution >= 4 is 5.97 Å². The molecule has 19 heavy (non-hydrogen) atoms. The van der Waals surface area contributed by atoms with Crippen LogP contribution in [-0.4, -0.2) is 11.1 Å². The van der Waals surface area contributed by atoms with Crippen LogP contribution in [-0.2, 0) is 4.89 Å². The maximum absolute atomic E-state index is 11.6. The van der Waals surface area contributed by atoms with Gasteiger partial charge in [0.25, 0.3) is 0 Å². The number of benzene rings is 2. The Bertz CT molecular complexity index is 632. The molecule has 0 saturated carbocycles. The Labute approximate surface area is 109 Å². The summed E-state index contributed by atoms with van der Waals surface area (Å²) < 4.78 is 0. The molecule has 5 nitrogen and oxygen atoms in total. The summed E-state index contributed by atoms with van der Waals surface area (Å²) in [5.74, 6) is -0.763. The minimum absolute atomic E-state index is 0.113. The number of phenols is 1. The van der Waals surface area contributed by atoms with Crippen LogP contribution in [0.2, 0.25) is 0 Å². The van der Waals surface area contributed by atoms with Gasteiger partial charge >= 0.3 is 5.97 Å². The van der Waals surface area contributed by atoms with Gasteiger partial charge in [-0.3, -0.25) is 4.89 Å². The number of nitriles is 1. The Hall–Kier alpha value is -3.00. The highest BCUT2D eigenvalue weighted by atomic mass is 17.2. The number of carbonyl (C=O) groups is 1. The van der Waals surface area contributed by atoms with E-state index in [1.165, 1.54) is 18.2 Å². The van der Waals surface area contributed by atoms with Crippen molar-refractivity contribution in [3.8, 4) is 17.6 Å². The molecule has 0 aliphatic carbocycles. The largest absolute Gasteiger partial charge is 0.506 e. The summed E-state index contributed by atoms with van der Waals surface area (Å²) in [4.78, 5) is 21.0. The minimum atomic E-state index is -0.649. The lowest BCUT2D eigenvalue weighted by Gasteiger charge is -2.05. The first-order valence-corrected chi connectivity index (χ1v) is 5.37. The van der Waals surface area contributed by atoms with E-state index in [4.69, 9.17) is 10.1 Å². The van der Waals surface area contributed by atoms with Crippen molar-refractivity contribution in [3.05, 3.63) is 59.7 Å². The van der Waals surface area contributed by atoms with Crippen molar-refractivity contribution in [3.63, 3.8) is 0 Å². The predicted molar refractivity (Wildman–Crippen MR) is 65.3 cm³/mol. The van der Waals surface area contributed by atoms with Crippen molar-refractivity contribution in [2.45, 2.75) is 0 Å². The van der Waals surface area contributed by atoms with Gasteiger partial charge in [0.05, 0.1) is 11.1 Å². The molecule has 0 atom stereocenters. The van der Waals surface area contributed by atoms with E-state index in [0.717, 1.165) is 0 Å². The molecule has 0 saturated heterocycles. The number of carbonyl (C=O) groups excluding carboxylic acids is 1. The van der Waals surface area contributed by atoms with Gasteiger partial charge in [-0.15, -0.1) is 0 Å². The van der Waals surface area contributed by atoms with E-state index in [0.29, 0.717) is 5.56 Å². The van der Waals surface area contributed by atoms with E-state index in [9.17, 15) is 9.90 Å². The zero-order valence-electron chi connectivity index (χ0n) is 9.74. The topological polar surface area (TPSA) is 79.5 Å². The maximum atomic E-state index is 11.6. The van der Waals surface area contributed by atoms with Crippen LogP contribution in [0.4, 0.5) is 0 Å². The summed E-state index contributed by atoms with van der Waals surface area (Å²) in [6.45, 7) is 0. The molecule has 0 bridgehead atoms. The summed E-state index contributed by atoms with van der Waals surface area (Å²) in [6.07, 6.45) is 0. The Kier molecular flexibility index (Phi) is 3.64. The highest BCUT2D eigenvalue weighted by molar-refractivity contribution is 5.88. The summed E-state index contributed by atoms with van der Waals surface area (Å²) in [7, 11) is 0. The van der Waals surface area contributed by atoms with Gasteiger partial charge in [-0.25, -0.2) is 9.68 Å². The Morgan fingerprint density at radius 2 is 1.89 bits per heavy atom. The Morgan fingerprint density at radius 3 is 2.53 bits per heavy atom. The molecule has 0 spiro atoms. The fourth-order valence-electron chi connectivity index (χ4n) is 1.37. The summed E-state index contributed by atoms with van der Waals surface area (Å²) in [5.41, 5.74) is 0.460. The summed E-state index contributed by atoms with van der Waals surface area (Å²) >= 11 is 0. The Balaban J connectivity index is 2.02. The van der Waals surface area contributed by atoms with Crippen molar-refractivity contribution in [1.82, 2.24) is 0 Å². The van der Waals surface area contributed by atoms with Gasteiger partial charge in [0, 0.05) is 6.07 Å². The second-order valence-electron chi connectivity index (χ2n) is 3.61. The highest BCUT2D eigenvalue weighted by Gasteiger charge is 2.09. The predicted octanol–water partition coefficient (Wildman–Crippen LogP) is 2.41. The van der Waals surface area contributed by atoms with E-state index in [1.54, 1.807) is 36.4 Å². The second-order valence-corrected chi connectivity index (χ2v) is 3.61. The molecule has 0 aliphatic rings. The van der Waals surface area contributed by atoms with E-state index in [-0.39, 0.29) is 17.1 Å². The monoisotopic (exact) mass is 255 g/mol. The fourth-order valence-corrected chi connectivity index (χ4v) is 1.37. The van der Waals surface area contributed by atoms with Crippen LogP contribution < -0.4 is 4.89 Å². The highest BCUT2D eigenvalue weighted by Crippen LogP contribution is 2.23. The molecule has 0 amide bonds. The molecular weight excluding hydrogens is 246 g/mol. The van der Waals surface area contributed by atoms with Crippen molar-refractivity contribution < 1.29 is 19.7 Å². The first-order valence-electron chi connectivity index (χ1n) is 5.37. The fraction of sp³-hybridized carbons (Fsp3) is 0. The minimum Gasteiger partial charge on any atom is -0.506 e. The summed E-state index contributed by atoms with van der Waals surface area (Å²) in [5, 5.41) is 18.1. The van der Waals surface area contributed by atoms with Gasteiger partial charge in [-0.1, -0.05) is 18.2 Å². The molecule has 0 radical (unpaired) electrons. The zero-order chi connectivity index (χ0) is 13.7. The van der Waals surface area contributed by atoms with Crippen LogP contribution >= 0.6 is 0 Å². The lowest BCUT2D eigenvalue weighted by molar-refractivity contribution is -0.149. The van der Waals surface area contributed by atoms with Crippen molar-refractivity contribution in [2.75, 3.05) is 0 Å². The lowest BCUT2D eigenvalue weighted by atomic mass is 10.2. The van der Waals surface area contributed by atoms with E-state index < -0.39 is 5.97 Å². The van der Waals surface area contributed by atoms with Crippen LogP contribution in [0, 0.1) is 11.3 Å². The third-order valence-corrected chi connectivity index (χ3v) is 2.31. The molecule has 0 unspecified atom stereocenters. The van der Waals surface area contributed by atoms with Gasteiger partial charge in [-0.2, -0.15) is 5.26 Å². The molecule has 0 aromatic heterocycles. The number of phenolic OH excluding ortho intramolecular Hbond substituents is 1. The van der Waals surface area contributed by atoms with Crippen LogP contribution in [0.5, 0.6) is 11.5 Å². The third kappa shape index (κ3) is 3.01. The number of aromatic hydroxyl groups is 1. The molecule has 0 aliphatic heterocycles. The van der Waals surface area contributed by atoms with Crippen molar-refractivity contribution in [2.24, 2.45) is 0 Å². The number of nitrogens with zero attached hydrogens (tertiary/aromatic N) is 1. The van der Waals surface area contributed by atoms with E-state index in [1.807, 2.05) is 0 Å². The van der Waals surface area contributed by atoms with Crippen molar-refractivity contribution in [1.29, 1.82) is 5.26 Å². The SMILES string of the molecule is N#Cc1ccc(OOC(=O)c2ccccc2)cc1O. The summed E-state index contributed by atoms with van der Waals surface area (Å²) in [6, 6.07) is 14.1. The Morgan fingerprint density at radius 1 is 1.16 bits per heavy atom. The van der Waals surface area contributed by atoms with Crippen LogP contribution in [0.3, 0.4) is 0 Å². The average molecular weight is 255 g/mol. The molecule has 2 aromatic carbocycles. The number of hydrogen-bond donors (Lipinski definition) is 1. The van der Waals surface area contributed by atoms with Gasteiger partial charge in [0.2, 0.25) is 0 Å². The zero-order valence-corrected chi connectivity index (χ0v) is 9.74. The smallest absolute Gasteiger partial charge is 0.386 e. The molecule has 94 valence electrons. The normalized spacial score (nSPS) is 9.42. The van der Waals surface area contributed by atoms with E-state index in [2.05, 4.69) is 4.89 Å². The van der Waals surface area contributed by atoms with Gasteiger partial charge in [0.15, 0.2) is 5.75 Å². The molecular formula is C14H9NO4. The van der Waals surface area contributed by atoms with Gasteiger partial charge in [0.1, 0.15) is 11.8 Å². The first-order chi connectivity index (χ1) is 9.20. The quantitative estimate of drug-likeness (QED) is 0.673. The maximum Gasteiger partial charge on any atom is 0.386 e. The second kappa shape index (κ2) is 5.56. The molecule has 2 aromatic rings. The molecule has 1 N–H and O–H groups in total. The van der Waals surface area contributed by atoms with Gasteiger partial charge < -0.3 is 5.11 Å². The van der Waals surface area contributed by atoms with Crippen LogP contribution in [0.15, 0.2) is 48.5 Å².